The summed E-state index contributed by atoms with van der Waals surface area (Å²) in [7, 11) is 0. The summed E-state index contributed by atoms with van der Waals surface area (Å²) in [6.07, 6.45) is 2.07. The highest BCUT2D eigenvalue weighted by Gasteiger charge is 2.32. The van der Waals surface area contributed by atoms with Gasteiger partial charge in [0.25, 0.3) is 5.91 Å². The second kappa shape index (κ2) is 7.74. The Balaban J connectivity index is 1.83. The third-order valence-corrected chi connectivity index (χ3v) is 4.79. The maximum Gasteiger partial charge on any atom is 0.285 e. The molecule has 1 saturated heterocycles. The molecule has 1 aliphatic heterocycles. The molecule has 132 valence electrons. The van der Waals surface area contributed by atoms with Crippen molar-refractivity contribution < 1.29 is 18.9 Å². The van der Waals surface area contributed by atoms with Gasteiger partial charge in [-0.2, -0.15) is 0 Å². The molecular formula is C20H23F2N2O+. The molecule has 0 aliphatic carbocycles. The summed E-state index contributed by atoms with van der Waals surface area (Å²) >= 11 is 0. The van der Waals surface area contributed by atoms with Gasteiger partial charge < -0.3 is 10.2 Å². The van der Waals surface area contributed by atoms with Crippen LogP contribution in [0.1, 0.15) is 43.0 Å². The minimum atomic E-state index is -0.861. The van der Waals surface area contributed by atoms with Gasteiger partial charge in [-0.25, -0.2) is 8.78 Å². The molecule has 1 amide bonds. The van der Waals surface area contributed by atoms with E-state index in [4.69, 9.17) is 0 Å². The Morgan fingerprint density at radius 3 is 2.32 bits per heavy atom. The van der Waals surface area contributed by atoms with E-state index in [1.54, 1.807) is 6.07 Å². The number of likely N-dealkylation sites (tertiary alicyclic amines) is 1. The number of nitrogens with zero attached hydrogens (tertiary/aromatic N) is 1. The highest BCUT2D eigenvalue weighted by Crippen LogP contribution is 2.19. The standard InChI is InChI=1S/C20H22F2N2O/c1-14(16-9-10-17(21)18(22)13-16)23-19(15-7-3-2-4-8-15)20(25)24-11-5-6-12-24/h2-4,7-10,13-14,19,23H,5-6,11-12H2,1H3/p+1/t14-,19+/m0/s1. The van der Waals surface area contributed by atoms with Crippen LogP contribution in [0.25, 0.3) is 0 Å². The predicted octanol–water partition coefficient (Wildman–Crippen LogP) is 2.95. The van der Waals surface area contributed by atoms with E-state index in [2.05, 4.69) is 0 Å². The maximum atomic E-state index is 13.5. The normalized spacial score (nSPS) is 16.7. The Morgan fingerprint density at radius 2 is 1.68 bits per heavy atom. The lowest BCUT2D eigenvalue weighted by Crippen LogP contribution is -2.88. The number of nitrogens with two attached hydrogens (primary N) is 1. The Morgan fingerprint density at radius 1 is 1.00 bits per heavy atom. The SMILES string of the molecule is C[C@H]([NH2+][C@@H](C(=O)N1CCCC1)c1ccccc1)c1ccc(F)c(F)c1. The van der Waals surface area contributed by atoms with Gasteiger partial charge in [0, 0.05) is 24.2 Å². The molecule has 2 aromatic rings. The summed E-state index contributed by atoms with van der Waals surface area (Å²) in [6, 6.07) is 13.0. The van der Waals surface area contributed by atoms with Gasteiger partial charge in [0.15, 0.2) is 17.7 Å². The fourth-order valence-corrected chi connectivity index (χ4v) is 3.33. The second-order valence-electron chi connectivity index (χ2n) is 6.58. The van der Waals surface area contributed by atoms with E-state index in [0.29, 0.717) is 5.56 Å². The van der Waals surface area contributed by atoms with Crippen molar-refractivity contribution in [2.75, 3.05) is 13.1 Å². The Hall–Kier alpha value is -2.27. The molecule has 2 atom stereocenters. The van der Waals surface area contributed by atoms with Crippen LogP contribution in [-0.2, 0) is 4.79 Å². The van der Waals surface area contributed by atoms with Crippen LogP contribution in [0.15, 0.2) is 48.5 Å². The Labute approximate surface area is 146 Å². The number of halogens is 2. The van der Waals surface area contributed by atoms with E-state index < -0.39 is 11.6 Å². The molecule has 5 heteroatoms. The second-order valence-corrected chi connectivity index (χ2v) is 6.58. The van der Waals surface area contributed by atoms with Gasteiger partial charge in [-0.1, -0.05) is 30.3 Å². The third kappa shape index (κ3) is 4.04. The van der Waals surface area contributed by atoms with E-state index in [0.717, 1.165) is 37.6 Å². The summed E-state index contributed by atoms with van der Waals surface area (Å²) in [4.78, 5) is 14.9. The van der Waals surface area contributed by atoms with E-state index in [9.17, 15) is 13.6 Å². The zero-order valence-corrected chi connectivity index (χ0v) is 14.3. The number of hydrogen-bond donors (Lipinski definition) is 1. The molecule has 1 fully saturated rings. The maximum absolute atomic E-state index is 13.5. The predicted molar refractivity (Wildman–Crippen MR) is 91.7 cm³/mol. The smallest absolute Gasteiger partial charge is 0.285 e. The van der Waals surface area contributed by atoms with E-state index in [-0.39, 0.29) is 18.0 Å². The highest BCUT2D eigenvalue weighted by molar-refractivity contribution is 5.82. The molecule has 3 rings (SSSR count). The molecule has 0 saturated carbocycles. The first-order valence-electron chi connectivity index (χ1n) is 8.70. The number of carbonyl (C=O) groups is 1. The lowest BCUT2D eigenvalue weighted by atomic mass is 10.0. The van der Waals surface area contributed by atoms with Crippen molar-refractivity contribution in [1.82, 2.24) is 4.90 Å². The largest absolute Gasteiger partial charge is 0.337 e. The van der Waals surface area contributed by atoms with Crippen molar-refractivity contribution in [3.63, 3.8) is 0 Å². The van der Waals surface area contributed by atoms with Crippen molar-refractivity contribution in [2.45, 2.75) is 31.8 Å². The first-order chi connectivity index (χ1) is 12.1. The van der Waals surface area contributed by atoms with Crippen LogP contribution in [0.5, 0.6) is 0 Å². The number of carbonyl (C=O) groups excluding carboxylic acids is 1. The van der Waals surface area contributed by atoms with Crippen LogP contribution in [-0.4, -0.2) is 23.9 Å². The van der Waals surface area contributed by atoms with Crippen molar-refractivity contribution in [1.29, 1.82) is 0 Å². The number of hydrogen-bond acceptors (Lipinski definition) is 1. The molecule has 3 nitrogen and oxygen atoms in total. The molecule has 0 aromatic heterocycles. The molecule has 1 aliphatic rings. The molecule has 0 bridgehead atoms. The van der Waals surface area contributed by atoms with Gasteiger partial charge in [-0.05, 0) is 38.0 Å². The minimum absolute atomic E-state index is 0.0816. The summed E-state index contributed by atoms with van der Waals surface area (Å²) in [5, 5.41) is 1.93. The molecule has 0 unspecified atom stereocenters. The average molecular weight is 345 g/mol. The zero-order chi connectivity index (χ0) is 17.8. The number of benzene rings is 2. The van der Waals surface area contributed by atoms with Crippen molar-refractivity contribution in [3.05, 3.63) is 71.3 Å². The fourth-order valence-electron chi connectivity index (χ4n) is 3.33. The summed E-state index contributed by atoms with van der Waals surface area (Å²) < 4.78 is 26.7. The minimum Gasteiger partial charge on any atom is -0.337 e. The van der Waals surface area contributed by atoms with Crippen LogP contribution in [0.2, 0.25) is 0 Å². The van der Waals surface area contributed by atoms with Gasteiger partial charge in [-0.3, -0.25) is 4.79 Å². The van der Waals surface area contributed by atoms with E-state index in [1.807, 2.05) is 47.5 Å². The van der Waals surface area contributed by atoms with Crippen molar-refractivity contribution in [2.24, 2.45) is 0 Å². The molecule has 0 radical (unpaired) electrons. The summed E-state index contributed by atoms with van der Waals surface area (Å²) in [5.74, 6) is -1.64. The number of quaternary nitrogens is 1. The summed E-state index contributed by atoms with van der Waals surface area (Å²) in [5.41, 5.74) is 1.59. The van der Waals surface area contributed by atoms with Gasteiger partial charge in [0.2, 0.25) is 0 Å². The first-order valence-corrected chi connectivity index (χ1v) is 8.70. The lowest BCUT2D eigenvalue weighted by molar-refractivity contribution is -0.719. The highest BCUT2D eigenvalue weighted by atomic mass is 19.2. The van der Waals surface area contributed by atoms with Crippen LogP contribution >= 0.6 is 0 Å². The van der Waals surface area contributed by atoms with Gasteiger partial charge in [0.1, 0.15) is 6.04 Å². The molecule has 0 spiro atoms. The van der Waals surface area contributed by atoms with Crippen LogP contribution in [0.4, 0.5) is 8.78 Å². The Kier molecular flexibility index (Phi) is 5.43. The molecular weight excluding hydrogens is 322 g/mol. The first kappa shape index (κ1) is 17.5. The molecule has 25 heavy (non-hydrogen) atoms. The fraction of sp³-hybridized carbons (Fsp3) is 0.350. The van der Waals surface area contributed by atoms with Gasteiger partial charge >= 0.3 is 0 Å². The molecule has 1 heterocycles. The third-order valence-electron chi connectivity index (χ3n) is 4.79. The van der Waals surface area contributed by atoms with Crippen molar-refractivity contribution in [3.8, 4) is 0 Å². The molecule has 2 N–H and O–H groups in total. The molecule has 2 aromatic carbocycles. The van der Waals surface area contributed by atoms with Crippen molar-refractivity contribution >= 4 is 5.91 Å². The van der Waals surface area contributed by atoms with Gasteiger partial charge in [-0.15, -0.1) is 0 Å². The van der Waals surface area contributed by atoms with Gasteiger partial charge in [0.05, 0.1) is 0 Å². The van der Waals surface area contributed by atoms with Crippen LogP contribution in [0.3, 0.4) is 0 Å². The lowest BCUT2D eigenvalue weighted by Gasteiger charge is -2.24. The Bertz CT molecular complexity index is 730. The van der Waals surface area contributed by atoms with E-state index >= 15 is 0 Å². The summed E-state index contributed by atoms with van der Waals surface area (Å²) in [6.45, 7) is 3.48. The zero-order valence-electron chi connectivity index (χ0n) is 14.3. The monoisotopic (exact) mass is 345 g/mol. The van der Waals surface area contributed by atoms with E-state index in [1.165, 1.54) is 6.07 Å². The van der Waals surface area contributed by atoms with Crippen LogP contribution < -0.4 is 5.32 Å². The number of amides is 1. The topological polar surface area (TPSA) is 36.9 Å². The quantitative estimate of drug-likeness (QED) is 0.889. The number of rotatable bonds is 5. The van der Waals surface area contributed by atoms with Crippen LogP contribution in [0, 0.1) is 11.6 Å². The average Bonchev–Trinajstić information content (AvgIpc) is 3.16.